The molecule has 0 aliphatic rings. The van der Waals surface area contributed by atoms with Gasteiger partial charge in [-0.3, -0.25) is 4.98 Å². The maximum absolute atomic E-state index is 14.4. The molecule has 2 N–H and O–H groups in total. The van der Waals surface area contributed by atoms with Crippen LogP contribution in [0.3, 0.4) is 0 Å². The van der Waals surface area contributed by atoms with Crippen LogP contribution in [-0.2, 0) is 0 Å². The molecular formula is C22H19ClFN5OS. The van der Waals surface area contributed by atoms with Crippen LogP contribution in [0.4, 0.5) is 15.9 Å². The monoisotopic (exact) mass is 455 g/mol. The lowest BCUT2D eigenvalue weighted by molar-refractivity contribution is 0.387. The summed E-state index contributed by atoms with van der Waals surface area (Å²) in [7, 11) is 3.34. The SMILES string of the molecule is CNc1cc2nc(C)c(-c3cc(F)cc(NSc4cc(Cl)cnc4OC)c3)cc2cn1. The van der Waals surface area contributed by atoms with Crippen LogP contribution in [0.5, 0.6) is 5.88 Å². The van der Waals surface area contributed by atoms with Crippen molar-refractivity contribution in [2.24, 2.45) is 0 Å². The number of nitrogens with zero attached hydrogens (tertiary/aromatic N) is 3. The molecular weight excluding hydrogens is 437 g/mol. The van der Waals surface area contributed by atoms with Gasteiger partial charge in [0.2, 0.25) is 5.88 Å². The van der Waals surface area contributed by atoms with Crippen molar-refractivity contribution in [2.45, 2.75) is 11.8 Å². The first-order valence-corrected chi connectivity index (χ1v) is 10.5. The third kappa shape index (κ3) is 4.65. The van der Waals surface area contributed by atoms with Gasteiger partial charge in [0, 0.05) is 47.8 Å². The molecule has 0 spiro atoms. The molecule has 0 saturated carbocycles. The van der Waals surface area contributed by atoms with Crippen LogP contribution in [0.2, 0.25) is 5.02 Å². The highest BCUT2D eigenvalue weighted by Gasteiger charge is 2.11. The van der Waals surface area contributed by atoms with Crippen molar-refractivity contribution >= 4 is 46.0 Å². The van der Waals surface area contributed by atoms with Gasteiger partial charge in [0.15, 0.2) is 0 Å². The van der Waals surface area contributed by atoms with E-state index in [0.717, 1.165) is 28.0 Å². The number of hydrogen-bond donors (Lipinski definition) is 2. The Balaban J connectivity index is 1.67. The van der Waals surface area contributed by atoms with Gasteiger partial charge < -0.3 is 14.8 Å². The smallest absolute Gasteiger partial charge is 0.228 e. The number of ether oxygens (including phenoxy) is 1. The van der Waals surface area contributed by atoms with E-state index in [1.807, 2.05) is 32.2 Å². The molecule has 1 aromatic carbocycles. The molecule has 0 unspecified atom stereocenters. The molecule has 0 saturated heterocycles. The zero-order chi connectivity index (χ0) is 22.0. The Morgan fingerprint density at radius 1 is 1.06 bits per heavy atom. The average Bonchev–Trinajstić information content (AvgIpc) is 2.76. The van der Waals surface area contributed by atoms with E-state index in [2.05, 4.69) is 25.0 Å². The van der Waals surface area contributed by atoms with Crippen molar-refractivity contribution in [1.29, 1.82) is 0 Å². The summed E-state index contributed by atoms with van der Waals surface area (Å²) in [6, 6.07) is 10.4. The van der Waals surface area contributed by atoms with Crippen molar-refractivity contribution in [3.8, 4) is 17.0 Å². The number of benzene rings is 1. The van der Waals surface area contributed by atoms with Gasteiger partial charge in [-0.25, -0.2) is 14.4 Å². The van der Waals surface area contributed by atoms with E-state index >= 15 is 0 Å². The Labute approximate surface area is 188 Å². The lowest BCUT2D eigenvalue weighted by Crippen LogP contribution is -1.96. The summed E-state index contributed by atoms with van der Waals surface area (Å²) in [5.41, 5.74) is 3.76. The topological polar surface area (TPSA) is 72.0 Å². The van der Waals surface area contributed by atoms with Crippen LogP contribution < -0.4 is 14.8 Å². The number of halogens is 2. The number of nitrogens with one attached hydrogen (secondary N) is 2. The fraction of sp³-hybridized carbons (Fsp3) is 0.136. The Bertz CT molecular complexity index is 1270. The quantitative estimate of drug-likeness (QED) is 0.347. The van der Waals surface area contributed by atoms with Crippen molar-refractivity contribution in [3.63, 3.8) is 0 Å². The highest BCUT2D eigenvalue weighted by atomic mass is 35.5. The summed E-state index contributed by atoms with van der Waals surface area (Å²) in [6.07, 6.45) is 3.26. The van der Waals surface area contributed by atoms with Crippen molar-refractivity contribution in [1.82, 2.24) is 15.0 Å². The average molecular weight is 456 g/mol. The van der Waals surface area contributed by atoms with Gasteiger partial charge in [0.05, 0.1) is 22.5 Å². The van der Waals surface area contributed by atoms with Crippen molar-refractivity contribution in [2.75, 3.05) is 24.2 Å². The van der Waals surface area contributed by atoms with Gasteiger partial charge in [-0.1, -0.05) is 11.6 Å². The van der Waals surface area contributed by atoms with Crippen LogP contribution in [0.25, 0.3) is 22.0 Å². The minimum Gasteiger partial charge on any atom is -0.480 e. The van der Waals surface area contributed by atoms with Gasteiger partial charge in [0.1, 0.15) is 11.6 Å². The third-order valence-electron chi connectivity index (χ3n) is 4.61. The molecule has 0 radical (unpaired) electrons. The molecule has 0 aliphatic heterocycles. The number of methoxy groups -OCH3 is 1. The highest BCUT2D eigenvalue weighted by molar-refractivity contribution is 8.00. The Kier molecular flexibility index (Phi) is 6.11. The van der Waals surface area contributed by atoms with Gasteiger partial charge in [0.25, 0.3) is 0 Å². The molecule has 0 bridgehead atoms. The molecule has 6 nitrogen and oxygen atoms in total. The van der Waals surface area contributed by atoms with Crippen LogP contribution >= 0.6 is 23.5 Å². The van der Waals surface area contributed by atoms with Crippen LogP contribution in [0.15, 0.2) is 53.7 Å². The summed E-state index contributed by atoms with van der Waals surface area (Å²) in [6.45, 7) is 1.91. The van der Waals surface area contributed by atoms with E-state index in [0.29, 0.717) is 27.0 Å². The zero-order valence-electron chi connectivity index (χ0n) is 17.0. The number of anilines is 2. The fourth-order valence-corrected chi connectivity index (χ4v) is 4.12. The number of aryl methyl sites for hydroxylation is 1. The number of rotatable bonds is 6. The largest absolute Gasteiger partial charge is 0.480 e. The lowest BCUT2D eigenvalue weighted by atomic mass is 10.0. The van der Waals surface area contributed by atoms with E-state index in [9.17, 15) is 4.39 Å². The maximum atomic E-state index is 14.4. The Morgan fingerprint density at radius 2 is 1.90 bits per heavy atom. The molecule has 4 rings (SSSR count). The summed E-state index contributed by atoms with van der Waals surface area (Å²) >= 11 is 7.28. The summed E-state index contributed by atoms with van der Waals surface area (Å²) < 4.78 is 22.8. The highest BCUT2D eigenvalue weighted by Crippen LogP contribution is 2.33. The number of hydrogen-bond acceptors (Lipinski definition) is 7. The molecule has 4 aromatic rings. The van der Waals surface area contributed by atoms with Gasteiger partial charge in [-0.15, -0.1) is 0 Å². The molecule has 0 amide bonds. The van der Waals surface area contributed by atoms with E-state index in [-0.39, 0.29) is 5.82 Å². The Morgan fingerprint density at radius 3 is 2.68 bits per heavy atom. The van der Waals surface area contributed by atoms with Crippen molar-refractivity contribution in [3.05, 3.63) is 65.3 Å². The molecule has 0 fully saturated rings. The molecule has 158 valence electrons. The molecule has 0 aliphatic carbocycles. The van der Waals surface area contributed by atoms with Crippen molar-refractivity contribution < 1.29 is 9.13 Å². The molecule has 9 heteroatoms. The first kappa shape index (κ1) is 21.1. The van der Waals surface area contributed by atoms with Crippen LogP contribution in [0.1, 0.15) is 5.69 Å². The minimum atomic E-state index is -0.361. The van der Waals surface area contributed by atoms with Crippen LogP contribution in [-0.4, -0.2) is 29.1 Å². The second kappa shape index (κ2) is 8.95. The fourth-order valence-electron chi connectivity index (χ4n) is 3.15. The maximum Gasteiger partial charge on any atom is 0.228 e. The minimum absolute atomic E-state index is 0.361. The van der Waals surface area contributed by atoms with E-state index in [1.165, 1.54) is 37.4 Å². The first-order valence-electron chi connectivity index (χ1n) is 9.35. The molecule has 0 atom stereocenters. The van der Waals surface area contributed by atoms with Gasteiger partial charge >= 0.3 is 0 Å². The molecule has 3 heterocycles. The second-order valence-corrected chi connectivity index (χ2v) is 8.01. The summed E-state index contributed by atoms with van der Waals surface area (Å²) in [5.74, 6) is 0.814. The van der Waals surface area contributed by atoms with Gasteiger partial charge in [-0.05, 0) is 54.8 Å². The summed E-state index contributed by atoms with van der Waals surface area (Å²) in [5, 5.41) is 4.37. The molecule has 31 heavy (non-hydrogen) atoms. The summed E-state index contributed by atoms with van der Waals surface area (Å²) in [4.78, 5) is 13.8. The Hall–Kier alpha value is -3.10. The third-order valence-corrected chi connectivity index (χ3v) is 5.67. The van der Waals surface area contributed by atoms with Crippen LogP contribution in [0, 0.1) is 12.7 Å². The number of pyridine rings is 3. The predicted molar refractivity (Wildman–Crippen MR) is 124 cm³/mol. The number of aromatic nitrogens is 3. The predicted octanol–water partition coefficient (Wildman–Crippen LogP) is 5.96. The zero-order valence-corrected chi connectivity index (χ0v) is 18.6. The lowest BCUT2D eigenvalue weighted by Gasteiger charge is -2.12. The van der Waals surface area contributed by atoms with E-state index in [1.54, 1.807) is 12.3 Å². The second-order valence-electron chi connectivity index (χ2n) is 6.73. The van der Waals surface area contributed by atoms with E-state index in [4.69, 9.17) is 16.3 Å². The first-order chi connectivity index (χ1) is 15.0. The molecule has 3 aromatic heterocycles. The normalized spacial score (nSPS) is 10.9. The van der Waals surface area contributed by atoms with E-state index < -0.39 is 0 Å². The van der Waals surface area contributed by atoms with Gasteiger partial charge in [-0.2, -0.15) is 0 Å². The standard InChI is InChI=1S/C22H19ClFN5OS/c1-12-18(6-14-10-26-21(25-2)9-19(14)28-12)13-4-16(24)8-17(5-13)29-31-20-7-15(23)11-27-22(20)30-3/h4-11,29H,1-3H3,(H,25,26). The number of fused-ring (bicyclic) bond motifs is 1.